The Balaban J connectivity index is 1.96. The number of hydrogen-bond donors (Lipinski definition) is 1. The number of aliphatic hydroxyl groups excluding tert-OH is 1. The fourth-order valence-corrected chi connectivity index (χ4v) is 2.31. The van der Waals surface area contributed by atoms with Crippen LogP contribution in [0.25, 0.3) is 11.2 Å². The van der Waals surface area contributed by atoms with Crippen molar-refractivity contribution in [1.29, 1.82) is 0 Å². The standard InChI is InChI=1S/C15H17N5O2/c1-11-19-13-14(17-10-18-15(13)22-11)20(7-2-8-21)9-12-3-5-16-6-4-12/h3-6,10,21H,2,7-9H2,1H3. The Hall–Kier alpha value is -2.54. The number of hydrogen-bond acceptors (Lipinski definition) is 7. The minimum absolute atomic E-state index is 0.124. The van der Waals surface area contributed by atoms with Crippen LogP contribution in [0, 0.1) is 6.92 Å². The monoisotopic (exact) mass is 299 g/mol. The predicted octanol–water partition coefficient (Wildman–Crippen LogP) is 1.71. The Morgan fingerprint density at radius 3 is 2.82 bits per heavy atom. The Kier molecular flexibility index (Phi) is 4.24. The van der Waals surface area contributed by atoms with E-state index < -0.39 is 0 Å². The molecule has 22 heavy (non-hydrogen) atoms. The van der Waals surface area contributed by atoms with Crippen molar-refractivity contribution in [3.05, 3.63) is 42.3 Å². The zero-order valence-electron chi connectivity index (χ0n) is 12.3. The van der Waals surface area contributed by atoms with Gasteiger partial charge in [0.15, 0.2) is 17.2 Å². The van der Waals surface area contributed by atoms with Crippen molar-refractivity contribution in [1.82, 2.24) is 19.9 Å². The maximum atomic E-state index is 9.14. The number of pyridine rings is 1. The van der Waals surface area contributed by atoms with Crippen LogP contribution in [0.15, 0.2) is 35.3 Å². The van der Waals surface area contributed by atoms with Gasteiger partial charge in [-0.2, -0.15) is 4.98 Å². The van der Waals surface area contributed by atoms with Crippen LogP contribution in [0.1, 0.15) is 17.9 Å². The molecule has 0 aromatic carbocycles. The van der Waals surface area contributed by atoms with E-state index in [4.69, 9.17) is 9.52 Å². The van der Waals surface area contributed by atoms with E-state index in [0.717, 1.165) is 5.56 Å². The van der Waals surface area contributed by atoms with E-state index in [0.29, 0.717) is 42.4 Å². The molecule has 0 spiro atoms. The Morgan fingerprint density at radius 2 is 2.05 bits per heavy atom. The van der Waals surface area contributed by atoms with Crippen LogP contribution in [0.4, 0.5) is 5.82 Å². The third-order valence-corrected chi connectivity index (χ3v) is 3.29. The van der Waals surface area contributed by atoms with Gasteiger partial charge in [0, 0.05) is 39.0 Å². The van der Waals surface area contributed by atoms with E-state index >= 15 is 0 Å². The van der Waals surface area contributed by atoms with Gasteiger partial charge in [0.2, 0.25) is 0 Å². The summed E-state index contributed by atoms with van der Waals surface area (Å²) in [5.74, 6) is 1.27. The van der Waals surface area contributed by atoms with Crippen molar-refractivity contribution in [2.45, 2.75) is 19.9 Å². The predicted molar refractivity (Wildman–Crippen MR) is 81.3 cm³/mol. The largest absolute Gasteiger partial charge is 0.422 e. The Bertz CT molecular complexity index is 744. The lowest BCUT2D eigenvalue weighted by atomic mass is 10.2. The van der Waals surface area contributed by atoms with Gasteiger partial charge < -0.3 is 14.4 Å². The van der Waals surface area contributed by atoms with E-state index in [1.54, 1.807) is 19.3 Å². The number of rotatable bonds is 6. The summed E-state index contributed by atoms with van der Waals surface area (Å²) in [4.78, 5) is 18.9. The van der Waals surface area contributed by atoms with Crippen LogP contribution in [0.2, 0.25) is 0 Å². The average Bonchev–Trinajstić information content (AvgIpc) is 2.92. The van der Waals surface area contributed by atoms with Gasteiger partial charge in [-0.25, -0.2) is 9.97 Å². The molecule has 1 N–H and O–H groups in total. The highest BCUT2D eigenvalue weighted by Gasteiger charge is 2.16. The highest BCUT2D eigenvalue weighted by atomic mass is 16.4. The maximum Gasteiger partial charge on any atom is 0.252 e. The van der Waals surface area contributed by atoms with Crippen LogP contribution >= 0.6 is 0 Å². The summed E-state index contributed by atoms with van der Waals surface area (Å²) in [6.07, 6.45) is 5.64. The number of oxazole rings is 1. The van der Waals surface area contributed by atoms with Crippen LogP contribution in [-0.4, -0.2) is 38.2 Å². The number of fused-ring (bicyclic) bond motifs is 1. The van der Waals surface area contributed by atoms with Crippen LogP contribution in [0.5, 0.6) is 0 Å². The van der Waals surface area contributed by atoms with Gasteiger partial charge in [0.1, 0.15) is 6.33 Å². The van der Waals surface area contributed by atoms with Crippen LogP contribution < -0.4 is 4.90 Å². The molecule has 0 saturated heterocycles. The first kappa shape index (κ1) is 14.4. The van der Waals surface area contributed by atoms with Crippen molar-refractivity contribution in [2.75, 3.05) is 18.1 Å². The van der Waals surface area contributed by atoms with Gasteiger partial charge in [-0.3, -0.25) is 4.98 Å². The van der Waals surface area contributed by atoms with Crippen molar-refractivity contribution in [3.8, 4) is 0 Å². The molecule has 7 heteroatoms. The molecule has 0 atom stereocenters. The molecule has 3 aromatic rings. The first-order valence-corrected chi connectivity index (χ1v) is 7.11. The summed E-state index contributed by atoms with van der Waals surface area (Å²) in [7, 11) is 0. The molecule has 0 amide bonds. The highest BCUT2D eigenvalue weighted by molar-refractivity contribution is 5.81. The lowest BCUT2D eigenvalue weighted by molar-refractivity contribution is 0.289. The zero-order chi connectivity index (χ0) is 15.4. The second-order valence-corrected chi connectivity index (χ2v) is 4.94. The summed E-state index contributed by atoms with van der Waals surface area (Å²) >= 11 is 0. The summed E-state index contributed by atoms with van der Waals surface area (Å²) in [5.41, 5.74) is 2.23. The molecule has 0 bridgehead atoms. The number of nitrogens with zero attached hydrogens (tertiary/aromatic N) is 5. The minimum Gasteiger partial charge on any atom is -0.422 e. The van der Waals surface area contributed by atoms with E-state index in [1.807, 2.05) is 12.1 Å². The van der Waals surface area contributed by atoms with Crippen LogP contribution in [-0.2, 0) is 6.54 Å². The van der Waals surface area contributed by atoms with Crippen molar-refractivity contribution in [2.24, 2.45) is 0 Å². The fraction of sp³-hybridized carbons (Fsp3) is 0.333. The van der Waals surface area contributed by atoms with E-state index in [2.05, 4.69) is 24.8 Å². The molecule has 0 fully saturated rings. The molecule has 0 unspecified atom stereocenters. The highest BCUT2D eigenvalue weighted by Crippen LogP contribution is 2.24. The molecule has 3 rings (SSSR count). The summed E-state index contributed by atoms with van der Waals surface area (Å²) in [6.45, 7) is 3.22. The van der Waals surface area contributed by atoms with Gasteiger partial charge in [0.25, 0.3) is 5.71 Å². The zero-order valence-corrected chi connectivity index (χ0v) is 12.3. The van der Waals surface area contributed by atoms with Gasteiger partial charge in [-0.1, -0.05) is 0 Å². The number of anilines is 1. The second-order valence-electron chi connectivity index (χ2n) is 4.94. The SMILES string of the molecule is Cc1nc2c(N(CCCO)Cc3ccncc3)ncnc2o1. The first-order chi connectivity index (χ1) is 10.8. The van der Waals surface area contributed by atoms with Gasteiger partial charge in [-0.05, 0) is 24.1 Å². The van der Waals surface area contributed by atoms with Crippen molar-refractivity contribution in [3.63, 3.8) is 0 Å². The number of aromatic nitrogens is 4. The van der Waals surface area contributed by atoms with E-state index in [9.17, 15) is 0 Å². The quantitative estimate of drug-likeness (QED) is 0.741. The molecular formula is C15H17N5O2. The molecule has 114 valence electrons. The van der Waals surface area contributed by atoms with Gasteiger partial charge in [0.05, 0.1) is 0 Å². The summed E-state index contributed by atoms with van der Waals surface area (Å²) in [5, 5.41) is 9.14. The third-order valence-electron chi connectivity index (χ3n) is 3.29. The number of aliphatic hydroxyl groups is 1. The average molecular weight is 299 g/mol. The molecular weight excluding hydrogens is 282 g/mol. The molecule has 0 aliphatic heterocycles. The minimum atomic E-state index is 0.124. The third kappa shape index (κ3) is 3.04. The second kappa shape index (κ2) is 6.48. The molecule has 3 heterocycles. The maximum absolute atomic E-state index is 9.14. The molecule has 0 radical (unpaired) electrons. The Labute approximate surface area is 127 Å². The lowest BCUT2D eigenvalue weighted by Gasteiger charge is -2.23. The summed E-state index contributed by atoms with van der Waals surface area (Å²) < 4.78 is 5.47. The normalized spacial score (nSPS) is 11.0. The summed E-state index contributed by atoms with van der Waals surface area (Å²) in [6, 6.07) is 3.91. The topological polar surface area (TPSA) is 88.2 Å². The molecule has 3 aromatic heterocycles. The lowest BCUT2D eigenvalue weighted by Crippen LogP contribution is -2.26. The van der Waals surface area contributed by atoms with Crippen molar-refractivity contribution < 1.29 is 9.52 Å². The molecule has 0 aliphatic carbocycles. The van der Waals surface area contributed by atoms with Gasteiger partial charge >= 0.3 is 0 Å². The van der Waals surface area contributed by atoms with E-state index in [-0.39, 0.29) is 6.61 Å². The van der Waals surface area contributed by atoms with Crippen LogP contribution in [0.3, 0.4) is 0 Å². The van der Waals surface area contributed by atoms with E-state index in [1.165, 1.54) is 6.33 Å². The first-order valence-electron chi connectivity index (χ1n) is 7.11. The molecule has 7 nitrogen and oxygen atoms in total. The Morgan fingerprint density at radius 1 is 1.23 bits per heavy atom. The fourth-order valence-electron chi connectivity index (χ4n) is 2.31. The smallest absolute Gasteiger partial charge is 0.252 e. The number of aryl methyl sites for hydroxylation is 1. The molecule has 0 saturated carbocycles. The van der Waals surface area contributed by atoms with Gasteiger partial charge in [-0.15, -0.1) is 0 Å². The van der Waals surface area contributed by atoms with Crippen molar-refractivity contribution >= 4 is 17.0 Å². The molecule has 0 aliphatic rings.